The molecule has 1 N–H and O–H groups in total. The summed E-state index contributed by atoms with van der Waals surface area (Å²) in [5, 5.41) is 4.69. The van der Waals surface area contributed by atoms with E-state index in [1.165, 1.54) is 12.0 Å². The number of likely N-dealkylation sites (tertiary alicyclic amines) is 1. The Labute approximate surface area is 125 Å². The highest BCUT2D eigenvalue weighted by molar-refractivity contribution is 6.34. The minimum absolute atomic E-state index is 0. The van der Waals surface area contributed by atoms with E-state index in [1.807, 2.05) is 19.2 Å². The van der Waals surface area contributed by atoms with E-state index in [-0.39, 0.29) is 12.4 Å². The van der Waals surface area contributed by atoms with E-state index in [0.717, 1.165) is 42.1 Å². The zero-order valence-corrected chi connectivity index (χ0v) is 12.8. The summed E-state index contributed by atoms with van der Waals surface area (Å²) in [4.78, 5) is 2.46. The average molecular weight is 310 g/mol. The Kier molecular flexibility index (Phi) is 6.75. The minimum Gasteiger partial charge on any atom is -0.319 e. The second kappa shape index (κ2) is 7.56. The van der Waals surface area contributed by atoms with Gasteiger partial charge in [-0.2, -0.15) is 0 Å². The summed E-state index contributed by atoms with van der Waals surface area (Å²) in [5.74, 6) is 0.773. The van der Waals surface area contributed by atoms with Gasteiger partial charge >= 0.3 is 0 Å². The molecule has 0 bridgehead atoms. The van der Waals surface area contributed by atoms with Crippen LogP contribution in [0.1, 0.15) is 12.0 Å². The molecule has 0 spiro atoms. The van der Waals surface area contributed by atoms with Crippen LogP contribution in [0.3, 0.4) is 0 Å². The Morgan fingerprint density at radius 3 is 2.56 bits per heavy atom. The van der Waals surface area contributed by atoms with Gasteiger partial charge in [-0.3, -0.25) is 4.90 Å². The Morgan fingerprint density at radius 2 is 1.94 bits per heavy atom. The van der Waals surface area contributed by atoms with E-state index in [0.29, 0.717) is 0 Å². The third-order valence-electron chi connectivity index (χ3n) is 3.19. The number of nitrogens with one attached hydrogen (secondary N) is 1. The van der Waals surface area contributed by atoms with Crippen LogP contribution in [0, 0.1) is 5.92 Å². The molecule has 1 heterocycles. The second-order valence-corrected chi connectivity index (χ2v) is 5.60. The van der Waals surface area contributed by atoms with Crippen LogP contribution >= 0.6 is 35.6 Å². The van der Waals surface area contributed by atoms with Crippen molar-refractivity contribution in [2.24, 2.45) is 5.92 Å². The number of rotatable bonds is 4. The maximum Gasteiger partial charge on any atom is 0.0424 e. The molecule has 102 valence electrons. The summed E-state index contributed by atoms with van der Waals surface area (Å²) in [6.45, 7) is 4.37. The average Bonchev–Trinajstić information content (AvgIpc) is 2.64. The molecule has 1 aromatic carbocycles. The van der Waals surface area contributed by atoms with E-state index in [1.54, 1.807) is 6.07 Å². The van der Waals surface area contributed by atoms with Crippen LogP contribution in [0.2, 0.25) is 10.0 Å². The molecule has 1 aliphatic rings. The van der Waals surface area contributed by atoms with Crippen LogP contribution in [0.4, 0.5) is 0 Å². The Balaban J connectivity index is 0.00000162. The van der Waals surface area contributed by atoms with Crippen molar-refractivity contribution in [3.05, 3.63) is 33.8 Å². The number of benzene rings is 1. The Morgan fingerprint density at radius 1 is 1.28 bits per heavy atom. The third kappa shape index (κ3) is 4.60. The van der Waals surface area contributed by atoms with Crippen molar-refractivity contribution in [1.29, 1.82) is 0 Å². The van der Waals surface area contributed by atoms with Crippen molar-refractivity contribution in [2.75, 3.05) is 26.7 Å². The quantitative estimate of drug-likeness (QED) is 0.916. The van der Waals surface area contributed by atoms with Gasteiger partial charge in [-0.15, -0.1) is 12.4 Å². The molecule has 0 aliphatic carbocycles. The van der Waals surface area contributed by atoms with Gasteiger partial charge in [-0.05, 0) is 56.2 Å². The largest absolute Gasteiger partial charge is 0.319 e. The summed E-state index contributed by atoms with van der Waals surface area (Å²) in [6, 6.07) is 5.78. The van der Waals surface area contributed by atoms with E-state index >= 15 is 0 Å². The van der Waals surface area contributed by atoms with Crippen LogP contribution in [0.15, 0.2) is 18.2 Å². The molecular weight excluding hydrogens is 291 g/mol. The van der Waals surface area contributed by atoms with Gasteiger partial charge in [-0.1, -0.05) is 23.2 Å². The van der Waals surface area contributed by atoms with E-state index < -0.39 is 0 Å². The summed E-state index contributed by atoms with van der Waals surface area (Å²) in [6.07, 6.45) is 1.27. The molecule has 18 heavy (non-hydrogen) atoms. The molecule has 1 unspecified atom stereocenters. The molecule has 2 rings (SSSR count). The van der Waals surface area contributed by atoms with Crippen molar-refractivity contribution in [3.8, 4) is 0 Å². The first-order valence-corrected chi connectivity index (χ1v) is 6.75. The fourth-order valence-electron chi connectivity index (χ4n) is 2.47. The lowest BCUT2D eigenvalue weighted by Crippen LogP contribution is -2.24. The molecule has 0 aromatic heterocycles. The lowest BCUT2D eigenvalue weighted by molar-refractivity contribution is 0.315. The molecule has 1 aliphatic heterocycles. The highest BCUT2D eigenvalue weighted by atomic mass is 35.5. The molecule has 1 aromatic rings. The zero-order chi connectivity index (χ0) is 12.3. The van der Waals surface area contributed by atoms with E-state index in [4.69, 9.17) is 23.2 Å². The highest BCUT2D eigenvalue weighted by Crippen LogP contribution is 2.23. The lowest BCUT2D eigenvalue weighted by Gasteiger charge is -2.16. The first-order chi connectivity index (χ1) is 8.17. The van der Waals surface area contributed by atoms with Gasteiger partial charge < -0.3 is 5.32 Å². The molecule has 5 heteroatoms. The minimum atomic E-state index is 0. The van der Waals surface area contributed by atoms with Gasteiger partial charge in [-0.25, -0.2) is 0 Å². The first kappa shape index (κ1) is 16.1. The maximum atomic E-state index is 6.00. The standard InChI is InChI=1S/C13H18Cl2N2.ClH/c1-16-7-10-2-3-17(8-10)9-11-4-12(14)6-13(15)5-11;/h4-6,10,16H,2-3,7-9H2,1H3;1H. The van der Waals surface area contributed by atoms with E-state index in [9.17, 15) is 0 Å². The lowest BCUT2D eigenvalue weighted by atomic mass is 10.1. The first-order valence-electron chi connectivity index (χ1n) is 5.99. The van der Waals surface area contributed by atoms with Crippen molar-refractivity contribution in [2.45, 2.75) is 13.0 Å². The van der Waals surface area contributed by atoms with Gasteiger partial charge in [0, 0.05) is 23.1 Å². The topological polar surface area (TPSA) is 15.3 Å². The molecule has 0 saturated carbocycles. The number of hydrogen-bond acceptors (Lipinski definition) is 2. The van der Waals surface area contributed by atoms with Crippen LogP contribution in [0.25, 0.3) is 0 Å². The normalized spacial score (nSPS) is 19.8. The van der Waals surface area contributed by atoms with Crippen LogP contribution in [-0.2, 0) is 6.54 Å². The van der Waals surface area contributed by atoms with Gasteiger partial charge in [0.25, 0.3) is 0 Å². The summed E-state index contributed by atoms with van der Waals surface area (Å²) < 4.78 is 0. The second-order valence-electron chi connectivity index (χ2n) is 4.73. The van der Waals surface area contributed by atoms with Gasteiger partial charge in [0.05, 0.1) is 0 Å². The fraction of sp³-hybridized carbons (Fsp3) is 0.538. The smallest absolute Gasteiger partial charge is 0.0424 e. The number of nitrogens with zero attached hydrogens (tertiary/aromatic N) is 1. The van der Waals surface area contributed by atoms with Crippen LogP contribution < -0.4 is 5.32 Å². The Bertz CT molecular complexity index is 364. The third-order valence-corrected chi connectivity index (χ3v) is 3.63. The molecule has 1 saturated heterocycles. The SMILES string of the molecule is CNCC1CCN(Cc2cc(Cl)cc(Cl)c2)C1.Cl. The van der Waals surface area contributed by atoms with Crippen LogP contribution in [0.5, 0.6) is 0 Å². The van der Waals surface area contributed by atoms with Crippen molar-refractivity contribution < 1.29 is 0 Å². The molecule has 2 nitrogen and oxygen atoms in total. The zero-order valence-electron chi connectivity index (χ0n) is 10.5. The predicted octanol–water partition coefficient (Wildman–Crippen LogP) is 3.46. The van der Waals surface area contributed by atoms with Crippen molar-refractivity contribution >= 4 is 35.6 Å². The number of hydrogen-bond donors (Lipinski definition) is 1. The maximum absolute atomic E-state index is 6.00. The van der Waals surface area contributed by atoms with E-state index in [2.05, 4.69) is 10.2 Å². The molecule has 0 radical (unpaired) electrons. The van der Waals surface area contributed by atoms with Crippen molar-refractivity contribution in [1.82, 2.24) is 10.2 Å². The molecule has 1 fully saturated rings. The summed E-state index contributed by atoms with van der Waals surface area (Å²) >= 11 is 12.0. The summed E-state index contributed by atoms with van der Waals surface area (Å²) in [7, 11) is 2.01. The highest BCUT2D eigenvalue weighted by Gasteiger charge is 2.21. The number of halogens is 3. The Hall–Kier alpha value is 0.01000. The fourth-order valence-corrected chi connectivity index (χ4v) is 3.04. The van der Waals surface area contributed by atoms with Crippen LogP contribution in [-0.4, -0.2) is 31.6 Å². The molecular formula is C13H19Cl3N2. The van der Waals surface area contributed by atoms with Gasteiger partial charge in [0.2, 0.25) is 0 Å². The van der Waals surface area contributed by atoms with Crippen molar-refractivity contribution in [3.63, 3.8) is 0 Å². The molecule has 0 amide bonds. The molecule has 1 atom stereocenters. The van der Waals surface area contributed by atoms with Gasteiger partial charge in [0.1, 0.15) is 0 Å². The summed E-state index contributed by atoms with van der Waals surface area (Å²) in [5.41, 5.74) is 1.20. The van der Waals surface area contributed by atoms with Gasteiger partial charge in [0.15, 0.2) is 0 Å². The predicted molar refractivity (Wildman–Crippen MR) is 81.0 cm³/mol. The monoisotopic (exact) mass is 308 g/mol.